The zero-order chi connectivity index (χ0) is 11.5. The molecule has 0 aliphatic rings. The summed E-state index contributed by atoms with van der Waals surface area (Å²) in [4.78, 5) is 4.28. The maximum Gasteiger partial charge on any atom is 0.148 e. The Hall–Kier alpha value is -1.31. The van der Waals surface area contributed by atoms with Crippen LogP contribution in [0.25, 0.3) is 17.3 Å². The molecule has 1 aromatic carbocycles. The van der Waals surface area contributed by atoms with Gasteiger partial charge >= 0.3 is 0 Å². The van der Waals surface area contributed by atoms with Crippen molar-refractivity contribution in [3.05, 3.63) is 58.7 Å². The maximum atomic E-state index is 5.92. The average molecular weight is 250 g/mol. The van der Waals surface area contributed by atoms with Crippen molar-refractivity contribution in [3.63, 3.8) is 0 Å². The molecule has 3 heteroatoms. The van der Waals surface area contributed by atoms with Crippen molar-refractivity contribution in [1.29, 1.82) is 0 Å². The van der Waals surface area contributed by atoms with Crippen molar-refractivity contribution in [1.82, 2.24) is 4.98 Å². The third kappa shape index (κ3) is 2.11. The quantitative estimate of drug-likeness (QED) is 0.704. The van der Waals surface area contributed by atoms with Gasteiger partial charge in [-0.15, -0.1) is 0 Å². The van der Waals surface area contributed by atoms with Gasteiger partial charge in [-0.3, -0.25) is 0 Å². The van der Waals surface area contributed by atoms with Crippen LogP contribution in [0.2, 0.25) is 10.2 Å². The van der Waals surface area contributed by atoms with E-state index < -0.39 is 0 Å². The lowest BCUT2D eigenvalue weighted by Crippen LogP contribution is -1.89. The highest BCUT2D eigenvalue weighted by molar-refractivity contribution is 6.41. The molecule has 1 nitrogen and oxygen atoms in total. The van der Waals surface area contributed by atoms with Gasteiger partial charge in [0, 0.05) is 11.1 Å². The Morgan fingerprint density at radius 3 is 2.44 bits per heavy atom. The SMILES string of the molecule is C=Cc1cc(Cl)c(Cl)nc1-c1ccccc1. The molecule has 0 radical (unpaired) electrons. The number of rotatable bonds is 2. The van der Waals surface area contributed by atoms with Gasteiger partial charge in [0.2, 0.25) is 0 Å². The molecule has 0 atom stereocenters. The molecule has 0 saturated carbocycles. The van der Waals surface area contributed by atoms with Crippen molar-refractivity contribution in [2.75, 3.05) is 0 Å². The van der Waals surface area contributed by atoms with Crippen LogP contribution in [0.15, 0.2) is 43.0 Å². The highest BCUT2D eigenvalue weighted by Gasteiger charge is 2.08. The van der Waals surface area contributed by atoms with Crippen molar-refractivity contribution in [2.45, 2.75) is 0 Å². The molecule has 0 unspecified atom stereocenters. The van der Waals surface area contributed by atoms with E-state index in [9.17, 15) is 0 Å². The molecule has 0 saturated heterocycles. The zero-order valence-electron chi connectivity index (χ0n) is 8.45. The lowest BCUT2D eigenvalue weighted by atomic mass is 10.1. The van der Waals surface area contributed by atoms with E-state index in [1.807, 2.05) is 30.3 Å². The van der Waals surface area contributed by atoms with E-state index in [1.165, 1.54) is 0 Å². The second kappa shape index (κ2) is 4.69. The third-order valence-electron chi connectivity index (χ3n) is 2.23. The summed E-state index contributed by atoms with van der Waals surface area (Å²) < 4.78 is 0. The summed E-state index contributed by atoms with van der Waals surface area (Å²) in [5, 5.41) is 0.752. The highest BCUT2D eigenvalue weighted by Crippen LogP contribution is 2.29. The van der Waals surface area contributed by atoms with E-state index in [4.69, 9.17) is 23.2 Å². The summed E-state index contributed by atoms with van der Waals surface area (Å²) in [5.74, 6) is 0. The minimum atomic E-state index is 0.311. The molecule has 1 heterocycles. The Balaban J connectivity index is 2.65. The third-order valence-corrected chi connectivity index (χ3v) is 2.90. The Morgan fingerprint density at radius 2 is 1.81 bits per heavy atom. The Morgan fingerprint density at radius 1 is 1.12 bits per heavy atom. The van der Waals surface area contributed by atoms with Crippen LogP contribution in [0.1, 0.15) is 5.56 Å². The van der Waals surface area contributed by atoms with Crippen molar-refractivity contribution >= 4 is 29.3 Å². The summed E-state index contributed by atoms with van der Waals surface area (Å²) >= 11 is 11.8. The van der Waals surface area contributed by atoms with Gasteiger partial charge in [0.25, 0.3) is 0 Å². The first-order chi connectivity index (χ1) is 7.72. The smallest absolute Gasteiger partial charge is 0.148 e. The molecule has 0 bridgehead atoms. The van der Waals surface area contributed by atoms with Crippen LogP contribution >= 0.6 is 23.2 Å². The minimum Gasteiger partial charge on any atom is -0.234 e. The Kier molecular flexibility index (Phi) is 3.28. The second-order valence-electron chi connectivity index (χ2n) is 3.27. The topological polar surface area (TPSA) is 12.9 Å². The van der Waals surface area contributed by atoms with Crippen LogP contribution in [0.4, 0.5) is 0 Å². The minimum absolute atomic E-state index is 0.311. The lowest BCUT2D eigenvalue weighted by molar-refractivity contribution is 1.31. The normalized spacial score (nSPS) is 10.1. The number of nitrogens with zero attached hydrogens (tertiary/aromatic N) is 1. The van der Waals surface area contributed by atoms with Gasteiger partial charge in [-0.2, -0.15) is 0 Å². The fraction of sp³-hybridized carbons (Fsp3) is 0. The van der Waals surface area contributed by atoms with Gasteiger partial charge in [-0.05, 0) is 6.07 Å². The predicted molar refractivity (Wildman–Crippen MR) is 69.8 cm³/mol. The van der Waals surface area contributed by atoms with Gasteiger partial charge in [0.1, 0.15) is 5.15 Å². The number of pyridine rings is 1. The van der Waals surface area contributed by atoms with E-state index >= 15 is 0 Å². The molecule has 0 N–H and O–H groups in total. The van der Waals surface area contributed by atoms with Gasteiger partial charge in [-0.1, -0.05) is 66.2 Å². The van der Waals surface area contributed by atoms with Gasteiger partial charge in [-0.25, -0.2) is 4.98 Å². The Labute approximate surface area is 104 Å². The maximum absolute atomic E-state index is 5.92. The monoisotopic (exact) mass is 249 g/mol. The molecular formula is C13H9Cl2N. The van der Waals surface area contributed by atoms with Crippen LogP contribution in [0.3, 0.4) is 0 Å². The summed E-state index contributed by atoms with van der Waals surface area (Å²) in [5.41, 5.74) is 2.67. The number of benzene rings is 1. The fourth-order valence-corrected chi connectivity index (χ4v) is 1.76. The molecule has 16 heavy (non-hydrogen) atoms. The standard InChI is InChI=1S/C13H9Cl2N/c1-2-9-8-11(14)13(15)16-12(9)10-6-4-3-5-7-10/h2-8H,1H2. The summed E-state index contributed by atoms with van der Waals surface area (Å²) in [6.45, 7) is 3.75. The van der Waals surface area contributed by atoms with Gasteiger partial charge < -0.3 is 0 Å². The van der Waals surface area contributed by atoms with Crippen LogP contribution < -0.4 is 0 Å². The molecule has 2 aromatic rings. The van der Waals surface area contributed by atoms with Crippen molar-refractivity contribution in [2.24, 2.45) is 0 Å². The molecule has 0 amide bonds. The molecule has 0 spiro atoms. The van der Waals surface area contributed by atoms with Gasteiger partial charge in [0.15, 0.2) is 0 Å². The first kappa shape index (κ1) is 11.2. The van der Waals surface area contributed by atoms with E-state index in [2.05, 4.69) is 11.6 Å². The number of hydrogen-bond acceptors (Lipinski definition) is 1. The predicted octanol–water partition coefficient (Wildman–Crippen LogP) is 4.70. The van der Waals surface area contributed by atoms with Crippen LogP contribution in [0.5, 0.6) is 0 Å². The van der Waals surface area contributed by atoms with E-state index in [-0.39, 0.29) is 0 Å². The first-order valence-electron chi connectivity index (χ1n) is 4.76. The first-order valence-corrected chi connectivity index (χ1v) is 5.52. The average Bonchev–Trinajstić information content (AvgIpc) is 2.33. The van der Waals surface area contributed by atoms with Crippen molar-refractivity contribution in [3.8, 4) is 11.3 Å². The van der Waals surface area contributed by atoms with E-state index in [0.717, 1.165) is 16.8 Å². The summed E-state index contributed by atoms with van der Waals surface area (Å²) in [6.07, 6.45) is 1.72. The highest BCUT2D eigenvalue weighted by atomic mass is 35.5. The molecule has 80 valence electrons. The number of hydrogen-bond donors (Lipinski definition) is 0. The van der Waals surface area contributed by atoms with Crippen molar-refractivity contribution < 1.29 is 0 Å². The molecule has 0 fully saturated rings. The molecule has 0 aliphatic heterocycles. The van der Waals surface area contributed by atoms with Crippen LogP contribution in [0, 0.1) is 0 Å². The molecule has 1 aromatic heterocycles. The van der Waals surface area contributed by atoms with E-state index in [0.29, 0.717) is 10.2 Å². The second-order valence-corrected chi connectivity index (χ2v) is 4.03. The largest absolute Gasteiger partial charge is 0.234 e. The lowest BCUT2D eigenvalue weighted by Gasteiger charge is -2.07. The van der Waals surface area contributed by atoms with Crippen LogP contribution in [-0.4, -0.2) is 4.98 Å². The zero-order valence-corrected chi connectivity index (χ0v) is 9.96. The summed E-state index contributed by atoms with van der Waals surface area (Å²) in [6, 6.07) is 11.6. The molecular weight excluding hydrogens is 241 g/mol. The molecule has 0 aliphatic carbocycles. The molecule has 2 rings (SSSR count). The fourth-order valence-electron chi connectivity index (χ4n) is 1.46. The number of aromatic nitrogens is 1. The number of halogens is 2. The Bertz CT molecular complexity index is 521. The van der Waals surface area contributed by atoms with Crippen LogP contribution in [-0.2, 0) is 0 Å². The van der Waals surface area contributed by atoms with E-state index in [1.54, 1.807) is 12.1 Å². The van der Waals surface area contributed by atoms with Gasteiger partial charge in [0.05, 0.1) is 10.7 Å². The summed E-state index contributed by atoms with van der Waals surface area (Å²) in [7, 11) is 0.